The van der Waals surface area contributed by atoms with Crippen molar-refractivity contribution in [1.29, 1.82) is 0 Å². The van der Waals surface area contributed by atoms with Crippen LogP contribution in [0, 0.1) is 6.92 Å². The number of aromatic nitrogens is 1. The summed E-state index contributed by atoms with van der Waals surface area (Å²) in [6, 6.07) is 1.57. The van der Waals surface area contributed by atoms with Crippen LogP contribution in [0.3, 0.4) is 0 Å². The number of nitrogens with two attached hydrogens (primary N) is 1. The van der Waals surface area contributed by atoms with E-state index in [0.717, 1.165) is 17.0 Å². The fourth-order valence-electron chi connectivity index (χ4n) is 1.69. The van der Waals surface area contributed by atoms with Gasteiger partial charge in [0.25, 0.3) is 10.0 Å². The van der Waals surface area contributed by atoms with Crippen molar-refractivity contribution in [2.75, 3.05) is 4.72 Å². The van der Waals surface area contributed by atoms with Gasteiger partial charge >= 0.3 is 0 Å². The minimum Gasteiger partial charge on any atom is -0.326 e. The fourth-order valence-corrected chi connectivity index (χ4v) is 5.16. The summed E-state index contributed by atoms with van der Waals surface area (Å²) in [6.07, 6.45) is 0.788. The Kier molecular flexibility index (Phi) is 4.24. The maximum absolute atomic E-state index is 12.3. The number of nitrogens with zero attached hydrogens (tertiary/aromatic N) is 1. The van der Waals surface area contributed by atoms with Crippen LogP contribution < -0.4 is 10.5 Å². The van der Waals surface area contributed by atoms with Crippen molar-refractivity contribution in [2.45, 2.75) is 31.7 Å². The number of thiophene rings is 1. The molecule has 0 saturated carbocycles. The lowest BCUT2D eigenvalue weighted by Gasteiger charge is -2.04. The molecule has 2 aromatic rings. The summed E-state index contributed by atoms with van der Waals surface area (Å²) in [4.78, 5) is 6.20. The molecule has 0 atom stereocenters. The van der Waals surface area contributed by atoms with Gasteiger partial charge < -0.3 is 5.73 Å². The van der Waals surface area contributed by atoms with Crippen molar-refractivity contribution in [3.8, 4) is 0 Å². The SMILES string of the molecule is CCc1nc(NS(=O)(=O)c2ccsc2CN)sc1C. The Hall–Kier alpha value is -0.960. The van der Waals surface area contributed by atoms with Gasteiger partial charge in [-0.15, -0.1) is 22.7 Å². The first-order chi connectivity index (χ1) is 8.97. The first-order valence-corrected chi connectivity index (χ1v) is 8.91. The van der Waals surface area contributed by atoms with Crippen LogP contribution in [-0.2, 0) is 23.0 Å². The third kappa shape index (κ3) is 2.97. The highest BCUT2D eigenvalue weighted by Crippen LogP contribution is 2.27. The van der Waals surface area contributed by atoms with Crippen LogP contribution >= 0.6 is 22.7 Å². The summed E-state index contributed by atoms with van der Waals surface area (Å²) < 4.78 is 27.0. The highest BCUT2D eigenvalue weighted by Gasteiger charge is 2.21. The van der Waals surface area contributed by atoms with Gasteiger partial charge in [-0.1, -0.05) is 6.92 Å². The second-order valence-corrected chi connectivity index (χ2v) is 7.75. The molecule has 0 spiro atoms. The largest absolute Gasteiger partial charge is 0.326 e. The van der Waals surface area contributed by atoms with Crippen molar-refractivity contribution >= 4 is 37.8 Å². The molecule has 0 aliphatic rings. The lowest BCUT2D eigenvalue weighted by atomic mass is 10.3. The van der Waals surface area contributed by atoms with Gasteiger partial charge in [0.1, 0.15) is 4.90 Å². The van der Waals surface area contributed by atoms with Gasteiger partial charge in [0.2, 0.25) is 0 Å². The molecule has 2 aromatic heterocycles. The maximum Gasteiger partial charge on any atom is 0.264 e. The Morgan fingerprint density at radius 3 is 2.79 bits per heavy atom. The van der Waals surface area contributed by atoms with E-state index in [0.29, 0.717) is 10.0 Å². The molecule has 2 heterocycles. The lowest BCUT2D eigenvalue weighted by molar-refractivity contribution is 0.600. The van der Waals surface area contributed by atoms with Crippen LogP contribution in [-0.4, -0.2) is 13.4 Å². The Morgan fingerprint density at radius 1 is 1.47 bits per heavy atom. The van der Waals surface area contributed by atoms with E-state index in [1.165, 1.54) is 22.7 Å². The summed E-state index contributed by atoms with van der Waals surface area (Å²) in [7, 11) is -3.60. The number of sulfonamides is 1. The zero-order valence-electron chi connectivity index (χ0n) is 10.6. The summed E-state index contributed by atoms with van der Waals surface area (Å²) in [6.45, 7) is 4.14. The molecular formula is C11H15N3O2S3. The van der Waals surface area contributed by atoms with E-state index in [4.69, 9.17) is 5.73 Å². The maximum atomic E-state index is 12.3. The van der Waals surface area contributed by atoms with Crippen LogP contribution in [0.1, 0.15) is 22.4 Å². The molecule has 0 aromatic carbocycles. The van der Waals surface area contributed by atoms with Crippen LogP contribution in [0.15, 0.2) is 16.3 Å². The summed E-state index contributed by atoms with van der Waals surface area (Å²) >= 11 is 2.69. The van der Waals surface area contributed by atoms with Gasteiger partial charge in [0.05, 0.1) is 5.69 Å². The molecule has 104 valence electrons. The summed E-state index contributed by atoms with van der Waals surface area (Å²) in [5.41, 5.74) is 6.46. The molecule has 8 heteroatoms. The van der Waals surface area contributed by atoms with Gasteiger partial charge in [-0.2, -0.15) is 0 Å². The molecule has 0 unspecified atom stereocenters. The molecule has 0 aliphatic carbocycles. The summed E-state index contributed by atoms with van der Waals surface area (Å²) in [5, 5.41) is 2.13. The van der Waals surface area contributed by atoms with Crippen molar-refractivity contribution in [3.05, 3.63) is 26.9 Å². The van der Waals surface area contributed by atoms with Crippen molar-refractivity contribution in [3.63, 3.8) is 0 Å². The smallest absolute Gasteiger partial charge is 0.264 e. The van der Waals surface area contributed by atoms with Gasteiger partial charge in [0, 0.05) is 16.3 Å². The van der Waals surface area contributed by atoms with E-state index in [1.807, 2.05) is 13.8 Å². The van der Waals surface area contributed by atoms with Crippen molar-refractivity contribution in [2.24, 2.45) is 5.73 Å². The minimum atomic E-state index is -3.60. The second-order valence-electron chi connectivity index (χ2n) is 3.89. The number of hydrogen-bond acceptors (Lipinski definition) is 6. The predicted octanol–water partition coefficient (Wildman–Crippen LogP) is 2.33. The highest BCUT2D eigenvalue weighted by molar-refractivity contribution is 7.93. The lowest BCUT2D eigenvalue weighted by Crippen LogP contribution is -2.14. The van der Waals surface area contributed by atoms with Crippen LogP contribution in [0.5, 0.6) is 0 Å². The molecule has 0 bridgehead atoms. The zero-order valence-corrected chi connectivity index (χ0v) is 13.1. The third-order valence-corrected chi connectivity index (χ3v) is 6.18. The van der Waals surface area contributed by atoms with Crippen LogP contribution in [0.2, 0.25) is 0 Å². The molecule has 2 rings (SSSR count). The van der Waals surface area contributed by atoms with E-state index >= 15 is 0 Å². The first-order valence-electron chi connectivity index (χ1n) is 5.73. The molecule has 19 heavy (non-hydrogen) atoms. The molecule has 0 aliphatic heterocycles. The molecule has 0 radical (unpaired) electrons. The van der Waals surface area contributed by atoms with Gasteiger partial charge in [0.15, 0.2) is 5.13 Å². The van der Waals surface area contributed by atoms with Gasteiger partial charge in [-0.25, -0.2) is 13.4 Å². The fraction of sp³-hybridized carbons (Fsp3) is 0.364. The van der Waals surface area contributed by atoms with Crippen molar-refractivity contribution in [1.82, 2.24) is 4.98 Å². The third-order valence-electron chi connectivity index (χ3n) is 2.63. The predicted molar refractivity (Wildman–Crippen MR) is 79.2 cm³/mol. The van der Waals surface area contributed by atoms with E-state index in [-0.39, 0.29) is 11.4 Å². The van der Waals surface area contributed by atoms with Gasteiger partial charge in [-0.05, 0) is 24.8 Å². The molecule has 5 nitrogen and oxygen atoms in total. The van der Waals surface area contributed by atoms with E-state index < -0.39 is 10.0 Å². The van der Waals surface area contributed by atoms with Crippen LogP contribution in [0.25, 0.3) is 0 Å². The Labute approximate surface area is 120 Å². The number of aryl methyl sites for hydroxylation is 2. The van der Waals surface area contributed by atoms with E-state index in [2.05, 4.69) is 9.71 Å². The Morgan fingerprint density at radius 2 is 2.21 bits per heavy atom. The monoisotopic (exact) mass is 317 g/mol. The number of anilines is 1. The second kappa shape index (κ2) is 5.58. The number of rotatable bonds is 5. The van der Waals surface area contributed by atoms with Gasteiger partial charge in [-0.3, -0.25) is 4.72 Å². The van der Waals surface area contributed by atoms with E-state index in [9.17, 15) is 8.42 Å². The Balaban J connectivity index is 2.31. The van der Waals surface area contributed by atoms with E-state index in [1.54, 1.807) is 11.4 Å². The topological polar surface area (TPSA) is 85.1 Å². The van der Waals surface area contributed by atoms with Crippen LogP contribution in [0.4, 0.5) is 5.13 Å². The zero-order chi connectivity index (χ0) is 14.0. The number of nitrogens with one attached hydrogen (secondary N) is 1. The number of hydrogen-bond donors (Lipinski definition) is 2. The summed E-state index contributed by atoms with van der Waals surface area (Å²) in [5.74, 6) is 0. The standard InChI is InChI=1S/C11H15N3O2S3/c1-3-8-7(2)18-11(13-8)14-19(15,16)10-4-5-17-9(10)6-12/h4-5H,3,6,12H2,1-2H3,(H,13,14). The molecule has 0 fully saturated rings. The highest BCUT2D eigenvalue weighted by atomic mass is 32.2. The first kappa shape index (κ1) is 14.4. The quantitative estimate of drug-likeness (QED) is 0.886. The molecule has 3 N–H and O–H groups in total. The molecule has 0 amide bonds. The molecule has 0 saturated heterocycles. The normalized spacial score (nSPS) is 11.7. The molecular weight excluding hydrogens is 302 g/mol. The average molecular weight is 317 g/mol. The minimum absolute atomic E-state index is 0.213. The van der Waals surface area contributed by atoms with Crippen molar-refractivity contribution < 1.29 is 8.42 Å². The number of thiazole rings is 1. The Bertz CT molecular complexity index is 673. The average Bonchev–Trinajstić information content (AvgIpc) is 2.95.